The number of thiophene rings is 1. The third-order valence-corrected chi connectivity index (χ3v) is 2.89. The molecule has 0 spiro atoms. The van der Waals surface area contributed by atoms with E-state index in [2.05, 4.69) is 5.32 Å². The minimum Gasteiger partial charge on any atom is -0.394 e. The van der Waals surface area contributed by atoms with Crippen LogP contribution in [0.4, 0.5) is 0 Å². The van der Waals surface area contributed by atoms with Crippen LogP contribution in [0.3, 0.4) is 0 Å². The second kappa shape index (κ2) is 5.85. The van der Waals surface area contributed by atoms with E-state index in [1.807, 2.05) is 12.3 Å². The summed E-state index contributed by atoms with van der Waals surface area (Å²) in [5.74, 6) is -0.162. The first kappa shape index (κ1) is 12.2. The first-order valence-corrected chi connectivity index (χ1v) is 5.56. The van der Waals surface area contributed by atoms with Gasteiger partial charge in [0.15, 0.2) is 0 Å². The van der Waals surface area contributed by atoms with E-state index < -0.39 is 0 Å². The molecule has 1 unspecified atom stereocenters. The lowest BCUT2D eigenvalue weighted by Crippen LogP contribution is -2.40. The van der Waals surface area contributed by atoms with Crippen molar-refractivity contribution < 1.29 is 14.6 Å². The summed E-state index contributed by atoms with van der Waals surface area (Å²) in [4.78, 5) is 11.7. The van der Waals surface area contributed by atoms with Crippen molar-refractivity contribution in [3.05, 3.63) is 21.9 Å². The van der Waals surface area contributed by atoms with Crippen LogP contribution < -0.4 is 5.32 Å². The predicted molar refractivity (Wildman–Crippen MR) is 59.3 cm³/mol. The Kier molecular flexibility index (Phi) is 4.74. The Hall–Kier alpha value is -0.910. The molecule has 0 bridgehead atoms. The summed E-state index contributed by atoms with van der Waals surface area (Å²) in [6.45, 7) is 2.07. The smallest absolute Gasteiger partial charge is 0.252 e. The molecule has 4 nitrogen and oxygen atoms in total. The SMILES string of the molecule is COCC(CO)NC(=O)c1cscc1C. The molecule has 0 saturated carbocycles. The summed E-state index contributed by atoms with van der Waals surface area (Å²) in [6.07, 6.45) is 0. The van der Waals surface area contributed by atoms with Gasteiger partial charge in [-0.3, -0.25) is 4.79 Å². The Balaban J connectivity index is 2.58. The van der Waals surface area contributed by atoms with E-state index in [-0.39, 0.29) is 18.6 Å². The molecule has 1 rings (SSSR count). The molecular weight excluding hydrogens is 214 g/mol. The van der Waals surface area contributed by atoms with Gasteiger partial charge in [-0.25, -0.2) is 0 Å². The van der Waals surface area contributed by atoms with Crippen LogP contribution in [0.1, 0.15) is 15.9 Å². The van der Waals surface area contributed by atoms with E-state index in [0.717, 1.165) is 5.56 Å². The molecule has 1 amide bonds. The molecule has 0 aliphatic heterocycles. The van der Waals surface area contributed by atoms with Crippen molar-refractivity contribution in [2.45, 2.75) is 13.0 Å². The van der Waals surface area contributed by atoms with Crippen molar-refractivity contribution in [2.24, 2.45) is 0 Å². The Labute approximate surface area is 92.9 Å². The number of ether oxygens (including phenoxy) is 1. The molecule has 2 N–H and O–H groups in total. The lowest BCUT2D eigenvalue weighted by atomic mass is 10.2. The number of nitrogens with one attached hydrogen (secondary N) is 1. The number of hydrogen-bond acceptors (Lipinski definition) is 4. The molecule has 0 radical (unpaired) electrons. The third kappa shape index (κ3) is 3.30. The number of hydrogen-bond donors (Lipinski definition) is 2. The molecule has 5 heteroatoms. The molecule has 1 heterocycles. The van der Waals surface area contributed by atoms with Crippen molar-refractivity contribution in [1.29, 1.82) is 0 Å². The summed E-state index contributed by atoms with van der Waals surface area (Å²) >= 11 is 1.49. The fourth-order valence-electron chi connectivity index (χ4n) is 1.20. The van der Waals surface area contributed by atoms with Crippen LogP contribution in [0, 0.1) is 6.92 Å². The summed E-state index contributed by atoms with van der Waals surface area (Å²) in [7, 11) is 1.53. The zero-order valence-electron chi connectivity index (χ0n) is 8.82. The van der Waals surface area contributed by atoms with Crippen molar-refractivity contribution in [1.82, 2.24) is 5.32 Å². The van der Waals surface area contributed by atoms with Crippen LogP contribution in [0.5, 0.6) is 0 Å². The van der Waals surface area contributed by atoms with Gasteiger partial charge >= 0.3 is 0 Å². The number of amides is 1. The topological polar surface area (TPSA) is 58.6 Å². The van der Waals surface area contributed by atoms with Gasteiger partial charge in [0, 0.05) is 12.5 Å². The maximum atomic E-state index is 11.7. The Morgan fingerprint density at radius 2 is 2.40 bits per heavy atom. The van der Waals surface area contributed by atoms with Crippen molar-refractivity contribution >= 4 is 17.2 Å². The molecule has 0 aliphatic rings. The first-order chi connectivity index (χ1) is 7.19. The molecule has 0 saturated heterocycles. The standard InChI is InChI=1S/C10H15NO3S/c1-7-5-15-6-9(7)10(13)11-8(3-12)4-14-2/h5-6,8,12H,3-4H2,1-2H3,(H,11,13). The molecule has 1 atom stereocenters. The van der Waals surface area contributed by atoms with E-state index in [1.54, 1.807) is 5.38 Å². The van der Waals surface area contributed by atoms with Crippen LogP contribution >= 0.6 is 11.3 Å². The minimum atomic E-state index is -0.346. The van der Waals surface area contributed by atoms with Crippen LogP contribution in [0.25, 0.3) is 0 Å². The van der Waals surface area contributed by atoms with Gasteiger partial charge in [-0.15, -0.1) is 0 Å². The fourth-order valence-corrected chi connectivity index (χ4v) is 2.03. The van der Waals surface area contributed by atoms with Gasteiger partial charge in [-0.05, 0) is 17.9 Å². The number of aliphatic hydroxyl groups excluding tert-OH is 1. The Bertz CT molecular complexity index is 324. The minimum absolute atomic E-state index is 0.122. The van der Waals surface area contributed by atoms with Gasteiger partial charge in [0.2, 0.25) is 0 Å². The van der Waals surface area contributed by atoms with Gasteiger partial charge < -0.3 is 15.2 Å². The van der Waals surface area contributed by atoms with Crippen molar-refractivity contribution in [3.63, 3.8) is 0 Å². The molecule has 0 fully saturated rings. The molecule has 15 heavy (non-hydrogen) atoms. The molecular formula is C10H15NO3S. The summed E-state index contributed by atoms with van der Waals surface area (Å²) in [5.41, 5.74) is 1.61. The quantitative estimate of drug-likeness (QED) is 0.785. The molecule has 0 aliphatic carbocycles. The lowest BCUT2D eigenvalue weighted by Gasteiger charge is -2.14. The van der Waals surface area contributed by atoms with Gasteiger partial charge in [-0.1, -0.05) is 0 Å². The second-order valence-electron chi connectivity index (χ2n) is 3.28. The van der Waals surface area contributed by atoms with Crippen LogP contribution in [0.2, 0.25) is 0 Å². The number of rotatable bonds is 5. The largest absolute Gasteiger partial charge is 0.394 e. The average Bonchev–Trinajstić information content (AvgIpc) is 2.63. The van der Waals surface area contributed by atoms with Gasteiger partial charge in [-0.2, -0.15) is 11.3 Å². The van der Waals surface area contributed by atoms with Gasteiger partial charge in [0.05, 0.1) is 24.8 Å². The molecule has 1 aromatic heterocycles. The zero-order valence-corrected chi connectivity index (χ0v) is 9.63. The zero-order chi connectivity index (χ0) is 11.3. The molecule has 1 aromatic rings. The number of carbonyl (C=O) groups is 1. The highest BCUT2D eigenvalue weighted by Crippen LogP contribution is 2.13. The maximum Gasteiger partial charge on any atom is 0.252 e. The van der Waals surface area contributed by atoms with Crippen molar-refractivity contribution in [3.8, 4) is 0 Å². The van der Waals surface area contributed by atoms with E-state index in [1.165, 1.54) is 18.4 Å². The Morgan fingerprint density at radius 3 is 2.87 bits per heavy atom. The number of methoxy groups -OCH3 is 1. The highest BCUT2D eigenvalue weighted by atomic mass is 32.1. The first-order valence-electron chi connectivity index (χ1n) is 4.62. The monoisotopic (exact) mass is 229 g/mol. The highest BCUT2D eigenvalue weighted by Gasteiger charge is 2.14. The van der Waals surface area contributed by atoms with Crippen molar-refractivity contribution in [2.75, 3.05) is 20.3 Å². The van der Waals surface area contributed by atoms with E-state index in [4.69, 9.17) is 9.84 Å². The van der Waals surface area contributed by atoms with Crippen LogP contribution in [-0.2, 0) is 4.74 Å². The highest BCUT2D eigenvalue weighted by molar-refractivity contribution is 7.08. The summed E-state index contributed by atoms with van der Waals surface area (Å²) < 4.78 is 4.87. The maximum absolute atomic E-state index is 11.7. The van der Waals surface area contributed by atoms with Gasteiger partial charge in [0.1, 0.15) is 0 Å². The second-order valence-corrected chi connectivity index (χ2v) is 4.02. The number of aryl methyl sites for hydroxylation is 1. The summed E-state index contributed by atoms with van der Waals surface area (Å²) in [5, 5.41) is 15.4. The van der Waals surface area contributed by atoms with Crippen LogP contribution in [0.15, 0.2) is 10.8 Å². The fraction of sp³-hybridized carbons (Fsp3) is 0.500. The predicted octanol–water partition coefficient (Wildman–Crippen LogP) is 0.794. The summed E-state index contributed by atoms with van der Waals surface area (Å²) in [6, 6.07) is -0.346. The normalized spacial score (nSPS) is 12.5. The molecule has 0 aromatic carbocycles. The third-order valence-electron chi connectivity index (χ3n) is 2.02. The molecule has 84 valence electrons. The van der Waals surface area contributed by atoms with E-state index >= 15 is 0 Å². The van der Waals surface area contributed by atoms with Gasteiger partial charge in [0.25, 0.3) is 5.91 Å². The lowest BCUT2D eigenvalue weighted by molar-refractivity contribution is 0.0839. The number of carbonyl (C=O) groups excluding carboxylic acids is 1. The number of aliphatic hydroxyl groups is 1. The van der Waals surface area contributed by atoms with E-state index in [0.29, 0.717) is 12.2 Å². The Morgan fingerprint density at radius 1 is 1.67 bits per heavy atom. The average molecular weight is 229 g/mol. The van der Waals surface area contributed by atoms with E-state index in [9.17, 15) is 4.79 Å². The van der Waals surface area contributed by atoms with Crippen LogP contribution in [-0.4, -0.2) is 37.4 Å².